The monoisotopic (exact) mass is 216 g/mol. The number of nitrogens with two attached hydrogens (primary N) is 1. The molecule has 0 aliphatic rings. The van der Waals surface area contributed by atoms with Crippen LogP contribution in [0.5, 0.6) is 0 Å². The van der Waals surface area contributed by atoms with E-state index >= 15 is 0 Å². The molecule has 2 rings (SSSR count). The molecule has 16 heavy (non-hydrogen) atoms. The number of aryl methyl sites for hydroxylation is 1. The number of hydrogen-bond acceptors (Lipinski definition) is 3. The van der Waals surface area contributed by atoms with E-state index in [4.69, 9.17) is 5.73 Å². The Bertz CT molecular complexity index is 444. The Kier molecular flexibility index (Phi) is 3.31. The molecule has 0 atom stereocenters. The minimum Gasteiger partial charge on any atom is -0.330 e. The second kappa shape index (κ2) is 4.90. The van der Waals surface area contributed by atoms with E-state index in [0.717, 1.165) is 18.7 Å². The van der Waals surface area contributed by atoms with E-state index in [1.165, 1.54) is 11.3 Å². The summed E-state index contributed by atoms with van der Waals surface area (Å²) in [6.07, 6.45) is 6.47. The van der Waals surface area contributed by atoms with E-state index in [9.17, 15) is 0 Å². The average molecular weight is 216 g/mol. The van der Waals surface area contributed by atoms with E-state index in [0.29, 0.717) is 6.54 Å². The van der Waals surface area contributed by atoms with Gasteiger partial charge >= 0.3 is 0 Å². The van der Waals surface area contributed by atoms with Crippen molar-refractivity contribution >= 4 is 0 Å². The number of imidazole rings is 1. The van der Waals surface area contributed by atoms with Crippen LogP contribution in [0.2, 0.25) is 0 Å². The van der Waals surface area contributed by atoms with Crippen molar-refractivity contribution in [2.75, 3.05) is 6.54 Å². The zero-order valence-corrected chi connectivity index (χ0v) is 9.43. The van der Waals surface area contributed by atoms with Gasteiger partial charge in [-0.25, -0.2) is 4.98 Å². The second-order valence-corrected chi connectivity index (χ2v) is 3.86. The van der Waals surface area contributed by atoms with Crippen LogP contribution in [0.15, 0.2) is 30.9 Å². The quantitative estimate of drug-likeness (QED) is 0.833. The minimum atomic E-state index is 0.651. The Morgan fingerprint density at radius 3 is 2.88 bits per heavy atom. The molecular formula is C12H16N4. The van der Waals surface area contributed by atoms with Gasteiger partial charge in [-0.1, -0.05) is 6.07 Å². The number of nitrogens with zero attached hydrogens (tertiary/aromatic N) is 3. The Morgan fingerprint density at radius 1 is 1.31 bits per heavy atom. The van der Waals surface area contributed by atoms with Gasteiger partial charge in [-0.3, -0.25) is 4.98 Å². The first-order chi connectivity index (χ1) is 7.79. The molecule has 0 spiro atoms. The molecule has 4 heteroatoms. The van der Waals surface area contributed by atoms with Crippen molar-refractivity contribution < 1.29 is 0 Å². The number of hydrogen-bond donors (Lipinski definition) is 1. The Morgan fingerprint density at radius 2 is 2.19 bits per heavy atom. The van der Waals surface area contributed by atoms with E-state index in [1.54, 1.807) is 0 Å². The van der Waals surface area contributed by atoms with Gasteiger partial charge in [0.25, 0.3) is 0 Å². The minimum absolute atomic E-state index is 0.651. The summed E-state index contributed by atoms with van der Waals surface area (Å²) in [6.45, 7) is 3.45. The van der Waals surface area contributed by atoms with Gasteiger partial charge in [0.1, 0.15) is 0 Å². The highest BCUT2D eigenvalue weighted by molar-refractivity contribution is 5.14. The summed E-state index contributed by atoms with van der Waals surface area (Å²) < 4.78 is 2.11. The summed E-state index contributed by atoms with van der Waals surface area (Å²) in [5.74, 6) is 0. The van der Waals surface area contributed by atoms with E-state index < -0.39 is 0 Å². The van der Waals surface area contributed by atoms with Gasteiger partial charge in [-0.05, 0) is 25.1 Å². The average Bonchev–Trinajstić information content (AvgIpc) is 2.70. The van der Waals surface area contributed by atoms with Crippen molar-refractivity contribution in [1.82, 2.24) is 14.5 Å². The van der Waals surface area contributed by atoms with E-state index in [2.05, 4.69) is 20.6 Å². The maximum Gasteiger partial charge on any atom is 0.0951 e. The molecule has 2 heterocycles. The zero-order valence-electron chi connectivity index (χ0n) is 9.43. The third-order valence-electron chi connectivity index (χ3n) is 2.52. The molecule has 0 unspecified atom stereocenters. The van der Waals surface area contributed by atoms with Crippen LogP contribution in [-0.4, -0.2) is 21.1 Å². The van der Waals surface area contributed by atoms with Crippen molar-refractivity contribution in [2.24, 2.45) is 5.73 Å². The fourth-order valence-corrected chi connectivity index (χ4v) is 1.64. The SMILES string of the molecule is Cc1ccc(Cn2cncc2CCN)cn1. The highest BCUT2D eigenvalue weighted by Crippen LogP contribution is 2.06. The van der Waals surface area contributed by atoms with E-state index in [-0.39, 0.29) is 0 Å². The molecule has 0 aliphatic carbocycles. The maximum absolute atomic E-state index is 5.55. The predicted octanol–water partition coefficient (Wildman–Crippen LogP) is 1.14. The van der Waals surface area contributed by atoms with Crippen LogP contribution in [-0.2, 0) is 13.0 Å². The van der Waals surface area contributed by atoms with Gasteiger partial charge in [-0.2, -0.15) is 0 Å². The van der Waals surface area contributed by atoms with Crippen LogP contribution in [0, 0.1) is 6.92 Å². The van der Waals surface area contributed by atoms with Crippen molar-refractivity contribution in [3.63, 3.8) is 0 Å². The lowest BCUT2D eigenvalue weighted by Gasteiger charge is -2.07. The summed E-state index contributed by atoms with van der Waals surface area (Å²) >= 11 is 0. The lowest BCUT2D eigenvalue weighted by atomic mass is 10.2. The van der Waals surface area contributed by atoms with Gasteiger partial charge in [0.15, 0.2) is 0 Å². The van der Waals surface area contributed by atoms with Crippen LogP contribution >= 0.6 is 0 Å². The fraction of sp³-hybridized carbons (Fsp3) is 0.333. The molecule has 2 aromatic rings. The second-order valence-electron chi connectivity index (χ2n) is 3.86. The topological polar surface area (TPSA) is 56.7 Å². The van der Waals surface area contributed by atoms with Crippen LogP contribution in [0.25, 0.3) is 0 Å². The third-order valence-corrected chi connectivity index (χ3v) is 2.52. The normalized spacial score (nSPS) is 10.6. The molecule has 0 bridgehead atoms. The molecule has 0 radical (unpaired) electrons. The van der Waals surface area contributed by atoms with Gasteiger partial charge in [0.05, 0.1) is 12.9 Å². The van der Waals surface area contributed by atoms with Gasteiger partial charge in [0, 0.05) is 30.2 Å². The number of pyridine rings is 1. The zero-order chi connectivity index (χ0) is 11.4. The first-order valence-electron chi connectivity index (χ1n) is 5.40. The van der Waals surface area contributed by atoms with Crippen molar-refractivity contribution in [3.8, 4) is 0 Å². The van der Waals surface area contributed by atoms with Crippen molar-refractivity contribution in [2.45, 2.75) is 19.9 Å². The highest BCUT2D eigenvalue weighted by atomic mass is 15.0. The molecule has 2 N–H and O–H groups in total. The van der Waals surface area contributed by atoms with Crippen molar-refractivity contribution in [1.29, 1.82) is 0 Å². The van der Waals surface area contributed by atoms with Gasteiger partial charge in [-0.15, -0.1) is 0 Å². The molecule has 4 nitrogen and oxygen atoms in total. The standard InChI is InChI=1S/C12H16N4/c1-10-2-3-11(6-15-10)8-16-9-14-7-12(16)4-5-13/h2-3,6-7,9H,4-5,8,13H2,1H3. The number of aromatic nitrogens is 3. The lowest BCUT2D eigenvalue weighted by molar-refractivity contribution is 0.730. The summed E-state index contributed by atoms with van der Waals surface area (Å²) in [4.78, 5) is 8.42. The molecule has 84 valence electrons. The van der Waals surface area contributed by atoms with Crippen molar-refractivity contribution in [3.05, 3.63) is 47.8 Å². The van der Waals surface area contributed by atoms with Crippen LogP contribution in [0.3, 0.4) is 0 Å². The largest absolute Gasteiger partial charge is 0.330 e. The summed E-state index contributed by atoms with van der Waals surface area (Å²) in [6, 6.07) is 4.11. The summed E-state index contributed by atoms with van der Waals surface area (Å²) in [5.41, 5.74) is 8.94. The first kappa shape index (κ1) is 10.8. The molecule has 0 aliphatic heterocycles. The molecule has 2 aromatic heterocycles. The Balaban J connectivity index is 2.13. The van der Waals surface area contributed by atoms with Crippen LogP contribution in [0.1, 0.15) is 17.0 Å². The molecule has 0 saturated heterocycles. The molecular weight excluding hydrogens is 200 g/mol. The highest BCUT2D eigenvalue weighted by Gasteiger charge is 2.02. The van der Waals surface area contributed by atoms with Gasteiger partial charge in [0.2, 0.25) is 0 Å². The third kappa shape index (κ3) is 2.46. The van der Waals surface area contributed by atoms with Crippen LogP contribution < -0.4 is 5.73 Å². The summed E-state index contributed by atoms with van der Waals surface area (Å²) in [5, 5.41) is 0. The molecule has 0 saturated carbocycles. The molecule has 0 amide bonds. The molecule has 0 fully saturated rings. The summed E-state index contributed by atoms with van der Waals surface area (Å²) in [7, 11) is 0. The predicted molar refractivity (Wildman–Crippen MR) is 63.1 cm³/mol. The van der Waals surface area contributed by atoms with Gasteiger partial charge < -0.3 is 10.3 Å². The maximum atomic E-state index is 5.55. The van der Waals surface area contributed by atoms with E-state index in [1.807, 2.05) is 31.7 Å². The smallest absolute Gasteiger partial charge is 0.0951 e. The Hall–Kier alpha value is -1.68. The molecule has 0 aromatic carbocycles. The lowest BCUT2D eigenvalue weighted by Crippen LogP contribution is -2.09. The fourth-order valence-electron chi connectivity index (χ4n) is 1.64. The number of rotatable bonds is 4. The first-order valence-corrected chi connectivity index (χ1v) is 5.40. The van der Waals surface area contributed by atoms with Crippen LogP contribution in [0.4, 0.5) is 0 Å². The Labute approximate surface area is 95.1 Å².